The molecule has 160 valence electrons. The first-order valence-electron chi connectivity index (χ1n) is 9.79. The zero-order valence-electron chi connectivity index (χ0n) is 17.2. The number of nitrogens with zero attached hydrogens (tertiary/aromatic N) is 2. The predicted octanol–water partition coefficient (Wildman–Crippen LogP) is 2.09. The second-order valence-corrected chi connectivity index (χ2v) is 8.33. The van der Waals surface area contributed by atoms with E-state index in [1.807, 2.05) is 12.1 Å². The van der Waals surface area contributed by atoms with E-state index < -0.39 is 0 Å². The van der Waals surface area contributed by atoms with Crippen LogP contribution in [-0.2, 0) is 18.6 Å². The van der Waals surface area contributed by atoms with Gasteiger partial charge < -0.3 is 19.6 Å². The van der Waals surface area contributed by atoms with Gasteiger partial charge in [-0.25, -0.2) is 4.98 Å². The molecule has 0 aliphatic carbocycles. The average Bonchev–Trinajstić information content (AvgIpc) is 3.17. The summed E-state index contributed by atoms with van der Waals surface area (Å²) in [6.07, 6.45) is 4.50. The average molecular weight is 430 g/mol. The normalized spacial score (nSPS) is 11.2. The highest BCUT2D eigenvalue weighted by atomic mass is 32.2. The van der Waals surface area contributed by atoms with Crippen molar-refractivity contribution < 1.29 is 4.42 Å². The van der Waals surface area contributed by atoms with Gasteiger partial charge in [0, 0.05) is 55.7 Å². The molecule has 0 amide bonds. The van der Waals surface area contributed by atoms with Gasteiger partial charge in [0.2, 0.25) is 11.5 Å². The summed E-state index contributed by atoms with van der Waals surface area (Å²) in [5.41, 5.74) is 1.04. The van der Waals surface area contributed by atoms with Crippen molar-refractivity contribution in [1.82, 2.24) is 19.9 Å². The number of rotatable bonds is 11. The van der Waals surface area contributed by atoms with Gasteiger partial charge in [-0.3, -0.25) is 14.6 Å². The quantitative estimate of drug-likeness (QED) is 0.401. The van der Waals surface area contributed by atoms with Gasteiger partial charge in [0.25, 0.3) is 5.56 Å². The number of furan rings is 1. The van der Waals surface area contributed by atoms with E-state index in [1.165, 1.54) is 6.07 Å². The molecule has 0 bridgehead atoms. The Morgan fingerprint density at radius 3 is 2.73 bits per heavy atom. The third-order valence-corrected chi connectivity index (χ3v) is 5.40. The molecule has 0 fully saturated rings. The molecule has 3 aromatic rings. The number of pyridine rings is 1. The van der Waals surface area contributed by atoms with Crippen LogP contribution in [0.4, 0.5) is 5.95 Å². The highest BCUT2D eigenvalue weighted by Crippen LogP contribution is 2.16. The number of likely N-dealkylation sites (N-methyl/N-ethyl adjacent to an activating group) is 1. The van der Waals surface area contributed by atoms with Crippen molar-refractivity contribution in [3.63, 3.8) is 0 Å². The lowest BCUT2D eigenvalue weighted by atomic mass is 10.1. The number of hydrogen-bond acceptors (Lipinski definition) is 7. The standard InChI is InChI=1S/C21H27N5O3S/c1-26(2)9-7-17-4-5-18(29-17)14-30-10-8-22-21-24-13-16(20(28)25-21)11-15-3-6-19(27)23-12-15/h3-6,12-13H,7-11,14H2,1-2H3,(H,23,27)(H2,22,24,25,28). The van der Waals surface area contributed by atoms with Crippen molar-refractivity contribution in [1.29, 1.82) is 0 Å². The Morgan fingerprint density at radius 2 is 2.00 bits per heavy atom. The Bertz CT molecular complexity index is 1040. The Hall–Kier alpha value is -2.78. The van der Waals surface area contributed by atoms with Crippen LogP contribution >= 0.6 is 11.8 Å². The maximum Gasteiger partial charge on any atom is 0.255 e. The highest BCUT2D eigenvalue weighted by molar-refractivity contribution is 7.98. The van der Waals surface area contributed by atoms with Gasteiger partial charge in [-0.2, -0.15) is 11.8 Å². The molecule has 0 saturated carbocycles. The Balaban J connectivity index is 1.40. The molecule has 0 radical (unpaired) electrons. The van der Waals surface area contributed by atoms with Gasteiger partial charge in [-0.05, 0) is 31.8 Å². The minimum Gasteiger partial charge on any atom is -0.465 e. The number of H-pyrrole nitrogens is 2. The number of hydrogen-bond donors (Lipinski definition) is 3. The first-order chi connectivity index (χ1) is 14.5. The fourth-order valence-corrected chi connectivity index (χ4v) is 3.54. The topological polar surface area (TPSA) is 107 Å². The van der Waals surface area contributed by atoms with E-state index in [4.69, 9.17) is 4.42 Å². The minimum atomic E-state index is -0.188. The van der Waals surface area contributed by atoms with Crippen LogP contribution in [-0.4, -0.2) is 52.8 Å². The zero-order valence-corrected chi connectivity index (χ0v) is 18.1. The molecule has 3 aromatic heterocycles. The van der Waals surface area contributed by atoms with Crippen molar-refractivity contribution in [2.75, 3.05) is 38.3 Å². The number of aromatic amines is 2. The van der Waals surface area contributed by atoms with Gasteiger partial charge in [0.1, 0.15) is 11.5 Å². The number of nitrogens with one attached hydrogen (secondary N) is 3. The maximum absolute atomic E-state index is 12.3. The molecule has 0 atom stereocenters. The summed E-state index contributed by atoms with van der Waals surface area (Å²) in [6.45, 7) is 1.65. The molecular weight excluding hydrogens is 402 g/mol. The highest BCUT2D eigenvalue weighted by Gasteiger charge is 2.06. The Labute approximate surface area is 179 Å². The van der Waals surface area contributed by atoms with Crippen LogP contribution in [0, 0.1) is 0 Å². The van der Waals surface area contributed by atoms with Crippen LogP contribution in [0.2, 0.25) is 0 Å². The van der Waals surface area contributed by atoms with Crippen molar-refractivity contribution >= 4 is 17.7 Å². The van der Waals surface area contributed by atoms with E-state index in [-0.39, 0.29) is 11.1 Å². The van der Waals surface area contributed by atoms with Crippen LogP contribution < -0.4 is 16.4 Å². The first kappa shape index (κ1) is 21.9. The van der Waals surface area contributed by atoms with E-state index in [0.717, 1.165) is 41.6 Å². The predicted molar refractivity (Wildman–Crippen MR) is 120 cm³/mol. The number of anilines is 1. The summed E-state index contributed by atoms with van der Waals surface area (Å²) in [4.78, 5) is 35.1. The number of aromatic nitrogens is 3. The molecule has 0 saturated heterocycles. The second kappa shape index (κ2) is 10.8. The molecule has 0 aliphatic rings. The van der Waals surface area contributed by atoms with E-state index in [0.29, 0.717) is 24.5 Å². The Kier molecular flexibility index (Phi) is 7.92. The molecule has 3 heterocycles. The van der Waals surface area contributed by atoms with Crippen molar-refractivity contribution in [2.24, 2.45) is 0 Å². The molecule has 30 heavy (non-hydrogen) atoms. The van der Waals surface area contributed by atoms with Crippen LogP contribution in [0.3, 0.4) is 0 Å². The smallest absolute Gasteiger partial charge is 0.255 e. The van der Waals surface area contributed by atoms with Crippen LogP contribution in [0.15, 0.2) is 50.7 Å². The molecule has 9 heteroatoms. The van der Waals surface area contributed by atoms with Gasteiger partial charge in [-0.1, -0.05) is 6.07 Å². The summed E-state index contributed by atoms with van der Waals surface area (Å²) >= 11 is 1.76. The van der Waals surface area contributed by atoms with Crippen molar-refractivity contribution in [2.45, 2.75) is 18.6 Å². The second-order valence-electron chi connectivity index (χ2n) is 7.22. The zero-order chi connectivity index (χ0) is 21.3. The van der Waals surface area contributed by atoms with E-state index in [1.54, 1.807) is 30.2 Å². The molecule has 0 unspecified atom stereocenters. The van der Waals surface area contributed by atoms with Crippen LogP contribution in [0.1, 0.15) is 22.6 Å². The molecule has 0 spiro atoms. The fourth-order valence-electron chi connectivity index (χ4n) is 2.79. The van der Waals surface area contributed by atoms with Gasteiger partial charge in [-0.15, -0.1) is 0 Å². The molecular formula is C21H27N5O3S. The lowest BCUT2D eigenvalue weighted by Crippen LogP contribution is -2.18. The summed E-state index contributed by atoms with van der Waals surface area (Å²) in [5.74, 6) is 4.12. The lowest BCUT2D eigenvalue weighted by Gasteiger charge is -2.07. The number of thioether (sulfide) groups is 1. The van der Waals surface area contributed by atoms with Crippen LogP contribution in [0.5, 0.6) is 0 Å². The SMILES string of the molecule is CN(C)CCc1ccc(CSCCNc2ncc(Cc3ccc(=O)[nH]c3)c(=O)[nH]2)o1. The largest absolute Gasteiger partial charge is 0.465 e. The summed E-state index contributed by atoms with van der Waals surface area (Å²) in [6, 6.07) is 7.22. The third-order valence-electron chi connectivity index (χ3n) is 4.42. The van der Waals surface area contributed by atoms with E-state index >= 15 is 0 Å². The van der Waals surface area contributed by atoms with Crippen molar-refractivity contribution in [3.05, 3.63) is 80.0 Å². The molecule has 3 rings (SSSR count). The summed E-state index contributed by atoms with van der Waals surface area (Å²) in [7, 11) is 4.10. The third kappa shape index (κ3) is 6.93. The van der Waals surface area contributed by atoms with Gasteiger partial charge in [0.05, 0.1) is 5.75 Å². The van der Waals surface area contributed by atoms with Gasteiger partial charge >= 0.3 is 0 Å². The van der Waals surface area contributed by atoms with Crippen molar-refractivity contribution in [3.8, 4) is 0 Å². The Morgan fingerprint density at radius 1 is 1.17 bits per heavy atom. The fraction of sp³-hybridized carbons (Fsp3) is 0.381. The molecule has 3 N–H and O–H groups in total. The molecule has 8 nitrogen and oxygen atoms in total. The summed E-state index contributed by atoms with van der Waals surface area (Å²) in [5, 5.41) is 3.14. The van der Waals surface area contributed by atoms with Gasteiger partial charge in [0.15, 0.2) is 0 Å². The summed E-state index contributed by atoms with van der Waals surface area (Å²) < 4.78 is 5.84. The minimum absolute atomic E-state index is 0.167. The van der Waals surface area contributed by atoms with E-state index in [2.05, 4.69) is 39.3 Å². The first-order valence-corrected chi connectivity index (χ1v) is 10.9. The molecule has 0 aromatic carbocycles. The lowest BCUT2D eigenvalue weighted by molar-refractivity contribution is 0.385. The maximum atomic E-state index is 12.3. The van der Waals surface area contributed by atoms with Crippen LogP contribution in [0.25, 0.3) is 0 Å². The monoisotopic (exact) mass is 429 g/mol. The van der Waals surface area contributed by atoms with E-state index in [9.17, 15) is 9.59 Å². The molecule has 0 aliphatic heterocycles.